The van der Waals surface area contributed by atoms with E-state index in [1.165, 1.54) is 0 Å². The van der Waals surface area contributed by atoms with Crippen LogP contribution in [0.5, 0.6) is 0 Å². The van der Waals surface area contributed by atoms with Crippen molar-refractivity contribution in [2.75, 3.05) is 6.61 Å². The number of furan rings is 2. The van der Waals surface area contributed by atoms with Crippen molar-refractivity contribution >= 4 is 22.8 Å². The number of hydrogen-bond acceptors (Lipinski definition) is 5. The highest BCUT2D eigenvalue weighted by Crippen LogP contribution is 2.23. The van der Waals surface area contributed by atoms with Crippen molar-refractivity contribution in [2.45, 2.75) is 33.4 Å². The van der Waals surface area contributed by atoms with Crippen LogP contribution >= 0.6 is 0 Å². The zero-order valence-electron chi connectivity index (χ0n) is 17.7. The fourth-order valence-electron chi connectivity index (χ4n) is 3.59. The van der Waals surface area contributed by atoms with Crippen molar-refractivity contribution in [2.24, 2.45) is 0 Å². The number of ether oxygens (including phenoxy) is 1. The lowest BCUT2D eigenvalue weighted by Crippen LogP contribution is -2.31. The minimum atomic E-state index is -0.537. The van der Waals surface area contributed by atoms with Gasteiger partial charge >= 0.3 is 5.97 Å². The third-order valence-electron chi connectivity index (χ3n) is 5.27. The third kappa shape index (κ3) is 4.40. The summed E-state index contributed by atoms with van der Waals surface area (Å²) in [6, 6.07) is 14.6. The van der Waals surface area contributed by atoms with Gasteiger partial charge in [-0.15, -0.1) is 0 Å². The molecule has 31 heavy (non-hydrogen) atoms. The molecular formula is C24H24N2O5. The molecule has 0 unspecified atom stereocenters. The van der Waals surface area contributed by atoms with E-state index in [4.69, 9.17) is 13.6 Å². The zero-order valence-corrected chi connectivity index (χ0v) is 17.7. The topological polar surface area (TPSA) is 86.6 Å². The maximum Gasteiger partial charge on any atom is 0.340 e. The highest BCUT2D eigenvalue weighted by molar-refractivity contribution is 5.92. The largest absolute Gasteiger partial charge is 0.467 e. The first kappa shape index (κ1) is 20.5. The molecule has 1 N–H and O–H groups in total. The molecule has 0 saturated heterocycles. The number of fused-ring (bicyclic) bond motifs is 1. The number of aromatic nitrogens is 1. The summed E-state index contributed by atoms with van der Waals surface area (Å²) in [5.74, 6) is 0.499. The molecule has 0 fully saturated rings. The molecule has 7 heteroatoms. The molecule has 4 aromatic rings. The molecule has 0 aliphatic carbocycles. The number of carbonyl (C=O) groups excluding carboxylic acids is 2. The van der Waals surface area contributed by atoms with E-state index in [-0.39, 0.29) is 12.6 Å². The van der Waals surface area contributed by atoms with Crippen LogP contribution in [0.15, 0.2) is 63.6 Å². The van der Waals surface area contributed by atoms with Crippen LogP contribution in [0, 0.1) is 13.8 Å². The normalized spacial score (nSPS) is 12.1. The number of amides is 1. The fraction of sp³-hybridized carbons (Fsp3) is 0.250. The second kappa shape index (κ2) is 8.55. The molecule has 1 amide bonds. The number of para-hydroxylation sites is 1. The van der Waals surface area contributed by atoms with Crippen LogP contribution in [-0.2, 0) is 16.1 Å². The monoisotopic (exact) mass is 420 g/mol. The Bertz CT molecular complexity index is 1180. The number of benzene rings is 1. The summed E-state index contributed by atoms with van der Waals surface area (Å²) >= 11 is 0. The molecule has 3 aromatic heterocycles. The molecule has 4 rings (SSSR count). The Morgan fingerprint density at radius 2 is 1.94 bits per heavy atom. The molecule has 0 aliphatic rings. The predicted molar refractivity (Wildman–Crippen MR) is 115 cm³/mol. The van der Waals surface area contributed by atoms with E-state index in [9.17, 15) is 9.59 Å². The Morgan fingerprint density at radius 1 is 1.13 bits per heavy atom. The average molecular weight is 420 g/mol. The van der Waals surface area contributed by atoms with Gasteiger partial charge in [0.05, 0.1) is 24.4 Å². The number of esters is 1. The van der Waals surface area contributed by atoms with Gasteiger partial charge < -0.3 is 23.5 Å². The van der Waals surface area contributed by atoms with Gasteiger partial charge in [-0.05, 0) is 51.1 Å². The summed E-state index contributed by atoms with van der Waals surface area (Å²) in [4.78, 5) is 24.9. The molecule has 0 aliphatic heterocycles. The lowest BCUT2D eigenvalue weighted by Gasteiger charge is -2.12. The lowest BCUT2D eigenvalue weighted by molar-refractivity contribution is -0.125. The third-order valence-corrected chi connectivity index (χ3v) is 5.27. The number of nitrogens with one attached hydrogen (secondary N) is 1. The summed E-state index contributed by atoms with van der Waals surface area (Å²) in [5.41, 5.74) is 2.86. The summed E-state index contributed by atoms with van der Waals surface area (Å²) in [5, 5.41) is 3.76. The summed E-state index contributed by atoms with van der Waals surface area (Å²) < 4.78 is 18.4. The second-order valence-electron chi connectivity index (χ2n) is 7.50. The number of carbonyl (C=O) groups is 2. The molecule has 1 atom stereocenters. The first-order valence-electron chi connectivity index (χ1n) is 10.1. The SMILES string of the molecule is Cc1cc(C(=O)OCC(=O)N[C@@H](C)c2cc3ccccc3o2)c(C)n1Cc1ccco1. The summed E-state index contributed by atoms with van der Waals surface area (Å²) in [6.45, 7) is 5.73. The van der Waals surface area contributed by atoms with Crippen LogP contribution in [0.1, 0.15) is 46.2 Å². The number of aryl methyl sites for hydroxylation is 1. The number of hydrogen-bond donors (Lipinski definition) is 1. The van der Waals surface area contributed by atoms with Gasteiger partial charge in [0.2, 0.25) is 0 Å². The van der Waals surface area contributed by atoms with Gasteiger partial charge in [-0.2, -0.15) is 0 Å². The predicted octanol–water partition coefficient (Wildman–Crippen LogP) is 4.53. The molecule has 7 nitrogen and oxygen atoms in total. The van der Waals surface area contributed by atoms with E-state index in [1.54, 1.807) is 12.3 Å². The van der Waals surface area contributed by atoms with Crippen LogP contribution < -0.4 is 5.32 Å². The zero-order chi connectivity index (χ0) is 22.0. The maximum atomic E-state index is 12.6. The van der Waals surface area contributed by atoms with Crippen molar-refractivity contribution in [3.05, 3.63) is 83.3 Å². The Labute approximate surface area is 179 Å². The first-order chi connectivity index (χ1) is 14.9. The van der Waals surface area contributed by atoms with E-state index < -0.39 is 11.9 Å². The number of nitrogens with zero attached hydrogens (tertiary/aromatic N) is 1. The minimum absolute atomic E-state index is 0.350. The molecule has 1 aromatic carbocycles. The molecular weight excluding hydrogens is 396 g/mol. The molecule has 0 bridgehead atoms. The highest BCUT2D eigenvalue weighted by Gasteiger charge is 2.20. The Balaban J connectivity index is 1.35. The van der Waals surface area contributed by atoms with Crippen LogP contribution in [0.4, 0.5) is 0 Å². The molecule has 0 saturated carbocycles. The fourth-order valence-corrected chi connectivity index (χ4v) is 3.59. The van der Waals surface area contributed by atoms with Crippen molar-refractivity contribution in [1.82, 2.24) is 9.88 Å². The Morgan fingerprint density at radius 3 is 2.68 bits per heavy atom. The molecule has 0 spiro atoms. The van der Waals surface area contributed by atoms with Gasteiger partial charge in [0, 0.05) is 16.8 Å². The first-order valence-corrected chi connectivity index (χ1v) is 10.1. The van der Waals surface area contributed by atoms with E-state index in [2.05, 4.69) is 5.32 Å². The summed E-state index contributed by atoms with van der Waals surface area (Å²) in [6.07, 6.45) is 1.61. The van der Waals surface area contributed by atoms with E-state index in [0.717, 1.165) is 28.1 Å². The van der Waals surface area contributed by atoms with Crippen LogP contribution in [-0.4, -0.2) is 23.1 Å². The Kier molecular flexibility index (Phi) is 5.66. The van der Waals surface area contributed by atoms with Gasteiger partial charge in [0.25, 0.3) is 5.91 Å². The van der Waals surface area contributed by atoms with Crippen LogP contribution in [0.3, 0.4) is 0 Å². The average Bonchev–Trinajstić information content (AvgIpc) is 3.48. The molecule has 0 radical (unpaired) electrons. The van der Waals surface area contributed by atoms with Crippen LogP contribution in [0.2, 0.25) is 0 Å². The van der Waals surface area contributed by atoms with Gasteiger partial charge in [-0.3, -0.25) is 4.79 Å². The Hall–Kier alpha value is -3.74. The lowest BCUT2D eigenvalue weighted by atomic mass is 10.2. The second-order valence-corrected chi connectivity index (χ2v) is 7.50. The van der Waals surface area contributed by atoms with Gasteiger partial charge in [-0.25, -0.2) is 4.79 Å². The van der Waals surface area contributed by atoms with Crippen molar-refractivity contribution in [1.29, 1.82) is 0 Å². The van der Waals surface area contributed by atoms with Crippen molar-refractivity contribution in [3.8, 4) is 0 Å². The van der Waals surface area contributed by atoms with E-state index >= 15 is 0 Å². The smallest absolute Gasteiger partial charge is 0.340 e. The minimum Gasteiger partial charge on any atom is -0.467 e. The van der Waals surface area contributed by atoms with Gasteiger partial charge in [-0.1, -0.05) is 18.2 Å². The highest BCUT2D eigenvalue weighted by atomic mass is 16.5. The van der Waals surface area contributed by atoms with Gasteiger partial charge in [0.1, 0.15) is 17.1 Å². The standard InChI is InChI=1S/C24H24N2O5/c1-15-11-20(17(3)26(15)13-19-8-6-10-29-19)24(28)30-14-23(27)25-16(2)22-12-18-7-4-5-9-21(18)31-22/h4-12,16H,13-14H2,1-3H3,(H,25,27)/t16-/m0/s1. The van der Waals surface area contributed by atoms with Crippen molar-refractivity contribution in [3.63, 3.8) is 0 Å². The number of rotatable bonds is 7. The van der Waals surface area contributed by atoms with E-state index in [0.29, 0.717) is 17.9 Å². The van der Waals surface area contributed by atoms with Gasteiger partial charge in [0.15, 0.2) is 6.61 Å². The van der Waals surface area contributed by atoms with Crippen LogP contribution in [0.25, 0.3) is 11.0 Å². The molecule has 3 heterocycles. The maximum absolute atomic E-state index is 12.6. The van der Waals surface area contributed by atoms with Crippen molar-refractivity contribution < 1.29 is 23.2 Å². The van der Waals surface area contributed by atoms with E-state index in [1.807, 2.05) is 67.8 Å². The summed E-state index contributed by atoms with van der Waals surface area (Å²) in [7, 11) is 0. The quantitative estimate of drug-likeness (QED) is 0.444. The molecule has 160 valence electrons.